The molecule has 3 aromatic rings. The maximum Gasteiger partial charge on any atom is 0.242 e. The largest absolute Gasteiger partial charge is 0.497 e. The number of methoxy groups -OCH3 is 1. The molecule has 2 aromatic carbocycles. The zero-order valence-electron chi connectivity index (χ0n) is 15.3. The van der Waals surface area contributed by atoms with Crippen LogP contribution in [0.25, 0.3) is 11.4 Å². The molecule has 3 rings (SSSR count). The van der Waals surface area contributed by atoms with Gasteiger partial charge in [0.1, 0.15) is 5.75 Å². The number of benzene rings is 2. The summed E-state index contributed by atoms with van der Waals surface area (Å²) in [5, 5.41) is 3.92. The van der Waals surface area contributed by atoms with E-state index in [1.54, 1.807) is 12.1 Å². The molecule has 0 radical (unpaired) electrons. The van der Waals surface area contributed by atoms with Crippen LogP contribution in [-0.4, -0.2) is 25.7 Å². The van der Waals surface area contributed by atoms with Gasteiger partial charge in [0.15, 0.2) is 0 Å². The molecule has 0 saturated heterocycles. The molecule has 0 spiro atoms. The van der Waals surface area contributed by atoms with Gasteiger partial charge in [0.25, 0.3) is 0 Å². The van der Waals surface area contributed by atoms with Gasteiger partial charge in [-0.05, 0) is 35.7 Å². The van der Waals surface area contributed by atoms with E-state index in [0.29, 0.717) is 17.5 Å². The minimum Gasteiger partial charge on any atom is -0.497 e. The van der Waals surface area contributed by atoms with Crippen LogP contribution in [0.2, 0.25) is 0 Å². The number of rotatable bonds is 7. The highest BCUT2D eigenvalue weighted by Gasteiger charge is 2.16. The molecule has 142 valence electrons. The summed E-state index contributed by atoms with van der Waals surface area (Å²) in [5.74, 6) is 1.63. The van der Waals surface area contributed by atoms with Crippen LogP contribution in [-0.2, 0) is 16.6 Å². The van der Waals surface area contributed by atoms with Crippen LogP contribution in [0.15, 0.2) is 57.9 Å². The summed E-state index contributed by atoms with van der Waals surface area (Å²) >= 11 is 0. The van der Waals surface area contributed by atoms with E-state index >= 15 is 0 Å². The molecular formula is C19H21N3O4S. The molecule has 0 bridgehead atoms. The Kier molecular flexibility index (Phi) is 5.57. The maximum atomic E-state index is 12.3. The highest BCUT2D eigenvalue weighted by molar-refractivity contribution is 7.89. The predicted molar refractivity (Wildman–Crippen MR) is 101 cm³/mol. The normalized spacial score (nSPS) is 11.7. The van der Waals surface area contributed by atoms with Gasteiger partial charge in [0, 0.05) is 5.56 Å². The first-order valence-corrected chi connectivity index (χ1v) is 9.94. The fourth-order valence-electron chi connectivity index (χ4n) is 2.46. The molecule has 0 amide bonds. The number of nitrogens with zero attached hydrogens (tertiary/aromatic N) is 2. The van der Waals surface area contributed by atoms with Gasteiger partial charge in [-0.2, -0.15) is 4.98 Å². The smallest absolute Gasteiger partial charge is 0.242 e. The first kappa shape index (κ1) is 19.1. The predicted octanol–water partition coefficient (Wildman–Crippen LogP) is 3.35. The van der Waals surface area contributed by atoms with Gasteiger partial charge in [-0.1, -0.05) is 43.3 Å². The van der Waals surface area contributed by atoms with Crippen molar-refractivity contribution >= 4 is 10.0 Å². The van der Waals surface area contributed by atoms with E-state index in [9.17, 15) is 8.42 Å². The van der Waals surface area contributed by atoms with E-state index in [4.69, 9.17) is 9.26 Å². The lowest BCUT2D eigenvalue weighted by molar-refractivity contribution is 0.376. The zero-order valence-corrected chi connectivity index (χ0v) is 16.2. The van der Waals surface area contributed by atoms with Gasteiger partial charge in [0.2, 0.25) is 21.7 Å². The molecule has 8 heteroatoms. The van der Waals surface area contributed by atoms with Crippen molar-refractivity contribution in [2.24, 2.45) is 0 Å². The van der Waals surface area contributed by atoms with Crippen LogP contribution in [0.4, 0.5) is 0 Å². The van der Waals surface area contributed by atoms with E-state index < -0.39 is 10.0 Å². The molecule has 0 fully saturated rings. The third kappa shape index (κ3) is 4.53. The van der Waals surface area contributed by atoms with E-state index in [0.717, 1.165) is 5.56 Å². The van der Waals surface area contributed by atoms with Gasteiger partial charge in [-0.25, -0.2) is 13.1 Å². The van der Waals surface area contributed by atoms with Crippen LogP contribution in [0, 0.1) is 0 Å². The number of aromatic nitrogens is 2. The average Bonchev–Trinajstić information content (AvgIpc) is 3.16. The molecule has 1 N–H and O–H groups in total. The van der Waals surface area contributed by atoms with Gasteiger partial charge in [-0.3, -0.25) is 0 Å². The second-order valence-electron chi connectivity index (χ2n) is 6.29. The lowest BCUT2D eigenvalue weighted by Gasteiger charge is -2.05. The second kappa shape index (κ2) is 7.89. The summed E-state index contributed by atoms with van der Waals surface area (Å²) in [6.45, 7) is 4.15. The van der Waals surface area contributed by atoms with Crippen molar-refractivity contribution in [1.29, 1.82) is 0 Å². The van der Waals surface area contributed by atoms with E-state index in [2.05, 4.69) is 28.7 Å². The molecule has 0 aliphatic carbocycles. The number of hydrogen-bond donors (Lipinski definition) is 1. The monoisotopic (exact) mass is 387 g/mol. The summed E-state index contributed by atoms with van der Waals surface area (Å²) in [5.41, 5.74) is 2.03. The summed E-state index contributed by atoms with van der Waals surface area (Å²) in [4.78, 5) is 4.39. The van der Waals surface area contributed by atoms with Gasteiger partial charge in [-0.15, -0.1) is 0 Å². The highest BCUT2D eigenvalue weighted by Crippen LogP contribution is 2.21. The molecule has 0 unspecified atom stereocenters. The summed E-state index contributed by atoms with van der Waals surface area (Å²) < 4.78 is 37.3. The SMILES string of the molecule is COc1ccc(S(=O)(=O)NCc2nc(-c3ccc(C(C)C)cc3)no2)cc1. The van der Waals surface area contributed by atoms with Crippen molar-refractivity contribution in [3.8, 4) is 17.1 Å². The van der Waals surface area contributed by atoms with E-state index in [1.165, 1.54) is 24.8 Å². The fourth-order valence-corrected chi connectivity index (χ4v) is 3.43. The first-order chi connectivity index (χ1) is 12.9. The Morgan fingerprint density at radius 2 is 1.74 bits per heavy atom. The average molecular weight is 387 g/mol. The molecule has 0 aliphatic heterocycles. The Morgan fingerprint density at radius 1 is 1.07 bits per heavy atom. The topological polar surface area (TPSA) is 94.3 Å². The number of ether oxygens (including phenoxy) is 1. The summed E-state index contributed by atoms with van der Waals surface area (Å²) in [6, 6.07) is 14.0. The van der Waals surface area contributed by atoms with Crippen LogP contribution in [0.3, 0.4) is 0 Å². The zero-order chi connectivity index (χ0) is 19.4. The first-order valence-electron chi connectivity index (χ1n) is 8.45. The molecule has 0 saturated carbocycles. The molecule has 0 atom stereocenters. The summed E-state index contributed by atoms with van der Waals surface area (Å²) in [6.07, 6.45) is 0. The molecule has 1 aromatic heterocycles. The Labute approximate surface area is 158 Å². The van der Waals surface area contributed by atoms with Gasteiger partial charge >= 0.3 is 0 Å². The van der Waals surface area contributed by atoms with Crippen molar-refractivity contribution < 1.29 is 17.7 Å². The Hall–Kier alpha value is -2.71. The van der Waals surface area contributed by atoms with Gasteiger partial charge in [0.05, 0.1) is 18.6 Å². The van der Waals surface area contributed by atoms with Crippen LogP contribution in [0.1, 0.15) is 31.2 Å². The summed E-state index contributed by atoms with van der Waals surface area (Å²) in [7, 11) is -2.17. The Morgan fingerprint density at radius 3 is 2.33 bits per heavy atom. The lowest BCUT2D eigenvalue weighted by Crippen LogP contribution is -2.23. The quantitative estimate of drug-likeness (QED) is 0.668. The van der Waals surface area contributed by atoms with Crippen LogP contribution < -0.4 is 9.46 Å². The third-order valence-corrected chi connectivity index (χ3v) is 5.50. The maximum absolute atomic E-state index is 12.3. The molecule has 27 heavy (non-hydrogen) atoms. The lowest BCUT2D eigenvalue weighted by atomic mass is 10.0. The Balaban J connectivity index is 1.68. The minimum absolute atomic E-state index is 0.0918. The number of hydrogen-bond acceptors (Lipinski definition) is 6. The van der Waals surface area contributed by atoms with Crippen molar-refractivity contribution in [2.45, 2.75) is 31.2 Å². The second-order valence-corrected chi connectivity index (χ2v) is 8.06. The van der Waals surface area contributed by atoms with Crippen LogP contribution >= 0.6 is 0 Å². The number of sulfonamides is 1. The molecule has 7 nitrogen and oxygen atoms in total. The van der Waals surface area contributed by atoms with E-state index in [1.807, 2.05) is 24.3 Å². The third-order valence-electron chi connectivity index (χ3n) is 4.09. The fraction of sp³-hybridized carbons (Fsp3) is 0.263. The van der Waals surface area contributed by atoms with Crippen molar-refractivity contribution in [1.82, 2.24) is 14.9 Å². The van der Waals surface area contributed by atoms with Crippen molar-refractivity contribution in [2.75, 3.05) is 7.11 Å². The standard InChI is InChI=1S/C19H21N3O4S/c1-13(2)14-4-6-15(7-5-14)19-21-18(26-22-19)12-20-27(23,24)17-10-8-16(25-3)9-11-17/h4-11,13,20H,12H2,1-3H3. The Bertz CT molecular complexity index is 994. The van der Waals surface area contributed by atoms with Crippen molar-refractivity contribution in [3.05, 3.63) is 60.0 Å². The molecule has 1 heterocycles. The molecule has 0 aliphatic rings. The van der Waals surface area contributed by atoms with Gasteiger partial charge < -0.3 is 9.26 Å². The minimum atomic E-state index is -3.69. The number of nitrogens with one attached hydrogen (secondary N) is 1. The highest BCUT2D eigenvalue weighted by atomic mass is 32.2. The van der Waals surface area contributed by atoms with E-state index in [-0.39, 0.29) is 17.3 Å². The van der Waals surface area contributed by atoms with Crippen LogP contribution in [0.5, 0.6) is 5.75 Å². The molecular weight excluding hydrogens is 366 g/mol. The van der Waals surface area contributed by atoms with Crippen molar-refractivity contribution in [3.63, 3.8) is 0 Å².